The van der Waals surface area contributed by atoms with E-state index in [1.807, 2.05) is 24.3 Å². The number of aliphatic hydroxyl groups excluding tert-OH is 2. The molecule has 8 heteroatoms. The van der Waals surface area contributed by atoms with Crippen molar-refractivity contribution in [3.05, 3.63) is 82.8 Å². The second kappa shape index (κ2) is 12.4. The molecule has 6 nitrogen and oxygen atoms in total. The Kier molecular flexibility index (Phi) is 9.31. The summed E-state index contributed by atoms with van der Waals surface area (Å²) in [5, 5.41) is 27.7. The van der Waals surface area contributed by atoms with Gasteiger partial charge < -0.3 is 30.3 Å². The lowest BCUT2D eigenvalue weighted by Gasteiger charge is -2.15. The fourth-order valence-electron chi connectivity index (χ4n) is 2.80. The summed E-state index contributed by atoms with van der Waals surface area (Å²) >= 11 is 11.9. The van der Waals surface area contributed by atoms with Gasteiger partial charge in [-0.25, -0.2) is 0 Å². The molecule has 0 aliphatic heterocycles. The summed E-state index contributed by atoms with van der Waals surface area (Å²) in [7, 11) is 0. The Balaban J connectivity index is 1.34. The van der Waals surface area contributed by atoms with Crippen LogP contribution in [-0.4, -0.2) is 48.7 Å². The molecule has 4 N–H and O–H groups in total. The standard InChI is InChI=1S/C24H26Cl2N2O4/c25-17-3-1-5-19(11-17)27-13-21(29)15-31-23-7-9-24(10-8-23)32-16-22(30)14-28-20-6-2-4-18(26)12-20/h1-12,21-22,27-30H,13-16H2/t21-,22-/m0/s1. The summed E-state index contributed by atoms with van der Waals surface area (Å²) in [4.78, 5) is 0. The third-order valence-electron chi connectivity index (χ3n) is 4.44. The maximum Gasteiger partial charge on any atom is 0.119 e. The third kappa shape index (κ3) is 8.48. The first-order valence-electron chi connectivity index (χ1n) is 10.2. The van der Waals surface area contributed by atoms with Crippen molar-refractivity contribution in [2.45, 2.75) is 12.2 Å². The second-order valence-corrected chi connectivity index (χ2v) is 8.06. The number of nitrogens with one attached hydrogen (secondary N) is 2. The molecule has 0 unspecified atom stereocenters. The molecule has 3 rings (SSSR count). The summed E-state index contributed by atoms with van der Waals surface area (Å²) < 4.78 is 11.2. The lowest BCUT2D eigenvalue weighted by atomic mass is 10.3. The van der Waals surface area contributed by atoms with Gasteiger partial charge in [0.1, 0.15) is 36.9 Å². The lowest BCUT2D eigenvalue weighted by molar-refractivity contribution is 0.115. The molecule has 0 aliphatic carbocycles. The Bertz CT molecular complexity index is 894. The number of halogens is 2. The average Bonchev–Trinajstić information content (AvgIpc) is 2.79. The quantitative estimate of drug-likeness (QED) is 0.303. The van der Waals surface area contributed by atoms with Gasteiger partial charge in [-0.1, -0.05) is 35.3 Å². The van der Waals surface area contributed by atoms with Crippen LogP contribution >= 0.6 is 23.2 Å². The van der Waals surface area contributed by atoms with E-state index in [1.54, 1.807) is 48.5 Å². The molecule has 0 aliphatic rings. The van der Waals surface area contributed by atoms with Crippen molar-refractivity contribution in [1.82, 2.24) is 0 Å². The molecule has 0 fully saturated rings. The van der Waals surface area contributed by atoms with Gasteiger partial charge in [-0.05, 0) is 60.7 Å². The maximum absolute atomic E-state index is 10.1. The van der Waals surface area contributed by atoms with E-state index in [2.05, 4.69) is 10.6 Å². The molecule has 2 atom stereocenters. The monoisotopic (exact) mass is 476 g/mol. The number of hydrogen-bond donors (Lipinski definition) is 4. The van der Waals surface area contributed by atoms with Crippen molar-refractivity contribution in [3.63, 3.8) is 0 Å². The topological polar surface area (TPSA) is 83.0 Å². The summed E-state index contributed by atoms with van der Waals surface area (Å²) in [5.74, 6) is 1.23. The summed E-state index contributed by atoms with van der Waals surface area (Å²) in [6, 6.07) is 21.6. The molecular formula is C24H26Cl2N2O4. The fourth-order valence-corrected chi connectivity index (χ4v) is 3.18. The van der Waals surface area contributed by atoms with Crippen LogP contribution < -0.4 is 20.1 Å². The number of aliphatic hydroxyl groups is 2. The minimum Gasteiger partial charge on any atom is -0.491 e. The predicted octanol–water partition coefficient (Wildman–Crippen LogP) is 4.70. The van der Waals surface area contributed by atoms with Gasteiger partial charge in [0.05, 0.1) is 0 Å². The molecule has 0 saturated heterocycles. The van der Waals surface area contributed by atoms with Gasteiger partial charge in [0, 0.05) is 34.5 Å². The highest BCUT2D eigenvalue weighted by Gasteiger charge is 2.08. The Labute approximate surface area is 197 Å². The van der Waals surface area contributed by atoms with E-state index in [4.69, 9.17) is 32.7 Å². The zero-order valence-corrected chi connectivity index (χ0v) is 18.9. The van der Waals surface area contributed by atoms with Crippen LogP contribution in [0.5, 0.6) is 11.5 Å². The first-order valence-corrected chi connectivity index (χ1v) is 10.9. The zero-order valence-electron chi connectivity index (χ0n) is 17.4. The van der Waals surface area contributed by atoms with E-state index in [-0.39, 0.29) is 13.2 Å². The average molecular weight is 477 g/mol. The minimum absolute atomic E-state index is 0.141. The van der Waals surface area contributed by atoms with Gasteiger partial charge in [0.2, 0.25) is 0 Å². The molecule has 3 aromatic carbocycles. The van der Waals surface area contributed by atoms with Gasteiger partial charge in [0.25, 0.3) is 0 Å². The Morgan fingerprint density at radius 2 is 1.06 bits per heavy atom. The SMILES string of the molecule is O[C@@H](CNc1cccc(Cl)c1)COc1ccc(OC[C@@H](O)CNc2cccc(Cl)c2)cc1. The molecule has 3 aromatic rings. The van der Waals surface area contributed by atoms with Crippen LogP contribution in [0.25, 0.3) is 0 Å². The van der Waals surface area contributed by atoms with Crippen molar-refractivity contribution >= 4 is 34.6 Å². The lowest BCUT2D eigenvalue weighted by Crippen LogP contribution is -2.26. The maximum atomic E-state index is 10.1. The van der Waals surface area contributed by atoms with Crippen molar-refractivity contribution in [2.75, 3.05) is 36.9 Å². The normalized spacial score (nSPS) is 12.6. The van der Waals surface area contributed by atoms with Crippen LogP contribution in [0.15, 0.2) is 72.8 Å². The molecule has 0 aromatic heterocycles. The zero-order chi connectivity index (χ0) is 22.8. The van der Waals surface area contributed by atoms with Crippen molar-refractivity contribution in [3.8, 4) is 11.5 Å². The molecule has 32 heavy (non-hydrogen) atoms. The summed E-state index contributed by atoms with van der Waals surface area (Å²) in [5.41, 5.74) is 1.67. The smallest absolute Gasteiger partial charge is 0.119 e. The highest BCUT2D eigenvalue weighted by Crippen LogP contribution is 2.19. The molecule has 170 valence electrons. The van der Waals surface area contributed by atoms with Gasteiger partial charge in [-0.15, -0.1) is 0 Å². The van der Waals surface area contributed by atoms with Crippen LogP contribution in [0, 0.1) is 0 Å². The highest BCUT2D eigenvalue weighted by atomic mass is 35.5. The van der Waals surface area contributed by atoms with Crippen LogP contribution in [0.3, 0.4) is 0 Å². The first-order chi connectivity index (χ1) is 15.5. The van der Waals surface area contributed by atoms with E-state index in [9.17, 15) is 10.2 Å². The van der Waals surface area contributed by atoms with E-state index in [0.717, 1.165) is 11.4 Å². The second-order valence-electron chi connectivity index (χ2n) is 7.18. The number of ether oxygens (including phenoxy) is 2. The molecule has 0 amide bonds. The van der Waals surface area contributed by atoms with Crippen LogP contribution in [0.4, 0.5) is 11.4 Å². The highest BCUT2D eigenvalue weighted by molar-refractivity contribution is 6.31. The number of rotatable bonds is 12. The number of hydrogen-bond acceptors (Lipinski definition) is 6. The van der Waals surface area contributed by atoms with Crippen LogP contribution in [-0.2, 0) is 0 Å². The summed E-state index contributed by atoms with van der Waals surface area (Å²) in [6.45, 7) is 0.953. The van der Waals surface area contributed by atoms with Gasteiger partial charge in [-0.2, -0.15) is 0 Å². The van der Waals surface area contributed by atoms with E-state index in [0.29, 0.717) is 34.6 Å². The van der Waals surface area contributed by atoms with Crippen molar-refractivity contribution in [1.29, 1.82) is 0 Å². The van der Waals surface area contributed by atoms with E-state index < -0.39 is 12.2 Å². The molecule has 0 bridgehead atoms. The molecule has 0 radical (unpaired) electrons. The first kappa shape index (κ1) is 24.0. The largest absolute Gasteiger partial charge is 0.491 e. The molecule has 0 heterocycles. The fraction of sp³-hybridized carbons (Fsp3) is 0.250. The molecule has 0 spiro atoms. The van der Waals surface area contributed by atoms with Gasteiger partial charge >= 0.3 is 0 Å². The Morgan fingerprint density at radius 3 is 1.44 bits per heavy atom. The van der Waals surface area contributed by atoms with E-state index in [1.165, 1.54) is 0 Å². The molecular weight excluding hydrogens is 451 g/mol. The number of anilines is 2. The van der Waals surface area contributed by atoms with Crippen LogP contribution in [0.1, 0.15) is 0 Å². The number of benzene rings is 3. The van der Waals surface area contributed by atoms with Gasteiger partial charge in [0.15, 0.2) is 0 Å². The Hall–Kier alpha value is -2.64. The Morgan fingerprint density at radius 1 is 0.656 bits per heavy atom. The van der Waals surface area contributed by atoms with Crippen LogP contribution in [0.2, 0.25) is 10.0 Å². The van der Waals surface area contributed by atoms with Crippen molar-refractivity contribution in [2.24, 2.45) is 0 Å². The minimum atomic E-state index is -0.688. The van der Waals surface area contributed by atoms with Crippen molar-refractivity contribution < 1.29 is 19.7 Å². The van der Waals surface area contributed by atoms with Gasteiger partial charge in [-0.3, -0.25) is 0 Å². The van der Waals surface area contributed by atoms with E-state index >= 15 is 0 Å². The summed E-state index contributed by atoms with van der Waals surface area (Å²) in [6.07, 6.45) is -1.38. The third-order valence-corrected chi connectivity index (χ3v) is 4.91. The molecule has 0 saturated carbocycles. The predicted molar refractivity (Wildman–Crippen MR) is 129 cm³/mol.